The van der Waals surface area contributed by atoms with Gasteiger partial charge in [0, 0.05) is 43.0 Å². The van der Waals surface area contributed by atoms with E-state index < -0.39 is 11.1 Å². The highest BCUT2D eigenvalue weighted by Crippen LogP contribution is 2.35. The van der Waals surface area contributed by atoms with E-state index in [9.17, 15) is 9.59 Å². The quantitative estimate of drug-likeness (QED) is 0.574. The molecule has 2 aromatic heterocycles. The summed E-state index contributed by atoms with van der Waals surface area (Å²) in [6.45, 7) is 0. The van der Waals surface area contributed by atoms with Gasteiger partial charge in [0.1, 0.15) is 0 Å². The zero-order valence-electron chi connectivity index (χ0n) is 10.1. The summed E-state index contributed by atoms with van der Waals surface area (Å²) in [7, 11) is 0. The van der Waals surface area contributed by atoms with Crippen LogP contribution in [0.3, 0.4) is 0 Å². The number of thiophene rings is 1. The van der Waals surface area contributed by atoms with Crippen molar-refractivity contribution < 1.29 is 0 Å². The lowest BCUT2D eigenvalue weighted by atomic mass is 10.3. The molecule has 0 saturated carbocycles. The molecule has 7 heteroatoms. The number of aromatic nitrogens is 2. The third-order valence-corrected chi connectivity index (χ3v) is 5.19. The first-order valence-corrected chi connectivity index (χ1v) is 7.98. The van der Waals surface area contributed by atoms with Crippen LogP contribution >= 0.6 is 34.7 Å². The fourth-order valence-electron chi connectivity index (χ4n) is 1.78. The number of hydrogen-bond acceptors (Lipinski definition) is 4. The van der Waals surface area contributed by atoms with Crippen molar-refractivity contribution >= 4 is 44.8 Å². The van der Waals surface area contributed by atoms with Gasteiger partial charge in [0.15, 0.2) is 0 Å². The molecule has 20 heavy (non-hydrogen) atoms. The minimum Gasteiger partial charge on any atom is -0.323 e. The van der Waals surface area contributed by atoms with Gasteiger partial charge in [-0.1, -0.05) is 11.6 Å². The Balaban J connectivity index is 1.86. The second kappa shape index (κ2) is 5.47. The summed E-state index contributed by atoms with van der Waals surface area (Å²) < 4.78 is 1.17. The van der Waals surface area contributed by atoms with Crippen LogP contribution in [0.2, 0.25) is 5.02 Å². The smallest absolute Gasteiger partial charge is 0.313 e. The molecule has 2 heterocycles. The van der Waals surface area contributed by atoms with Gasteiger partial charge in [0.05, 0.1) is 0 Å². The molecule has 3 rings (SSSR count). The topological polar surface area (TPSA) is 65.7 Å². The molecule has 3 aromatic rings. The van der Waals surface area contributed by atoms with E-state index >= 15 is 0 Å². The number of nitrogens with one attached hydrogen (secondary N) is 2. The molecule has 0 bridgehead atoms. The maximum Gasteiger partial charge on any atom is 0.313 e. The van der Waals surface area contributed by atoms with Crippen molar-refractivity contribution in [3.63, 3.8) is 0 Å². The summed E-state index contributed by atoms with van der Waals surface area (Å²) in [5.41, 5.74) is -0.575. The number of fused-ring (bicyclic) bond motifs is 1. The third kappa shape index (κ3) is 2.67. The van der Waals surface area contributed by atoms with Crippen molar-refractivity contribution in [2.45, 2.75) is 10.6 Å². The van der Waals surface area contributed by atoms with Gasteiger partial charge < -0.3 is 9.97 Å². The molecule has 0 saturated heterocycles. The van der Waals surface area contributed by atoms with Gasteiger partial charge in [-0.05, 0) is 18.2 Å². The summed E-state index contributed by atoms with van der Waals surface area (Å²) in [6.07, 6.45) is 1.53. The molecule has 1 aromatic carbocycles. The average molecular weight is 325 g/mol. The molecule has 0 aliphatic rings. The Morgan fingerprint density at radius 1 is 1.25 bits per heavy atom. The van der Waals surface area contributed by atoms with Gasteiger partial charge in [-0.25, -0.2) is 0 Å². The molecule has 4 nitrogen and oxygen atoms in total. The van der Waals surface area contributed by atoms with E-state index in [0.717, 1.165) is 10.3 Å². The number of thioether (sulfide) groups is 1. The third-order valence-electron chi connectivity index (χ3n) is 2.74. The van der Waals surface area contributed by atoms with Crippen LogP contribution in [0.25, 0.3) is 10.1 Å². The Morgan fingerprint density at radius 2 is 2.10 bits per heavy atom. The zero-order chi connectivity index (χ0) is 14.1. The van der Waals surface area contributed by atoms with Gasteiger partial charge in [-0.15, -0.1) is 23.1 Å². The molecular weight excluding hydrogens is 316 g/mol. The van der Waals surface area contributed by atoms with Gasteiger partial charge in [0.2, 0.25) is 0 Å². The summed E-state index contributed by atoms with van der Waals surface area (Å²) in [6, 6.07) is 5.80. The van der Waals surface area contributed by atoms with Crippen molar-refractivity contribution in [3.05, 3.63) is 61.2 Å². The second-order valence-corrected chi connectivity index (χ2v) is 6.49. The van der Waals surface area contributed by atoms with E-state index in [1.165, 1.54) is 10.9 Å². The molecule has 0 aliphatic heterocycles. The van der Waals surface area contributed by atoms with Gasteiger partial charge in [-0.2, -0.15) is 0 Å². The Morgan fingerprint density at radius 3 is 2.90 bits per heavy atom. The Kier molecular flexibility index (Phi) is 3.69. The van der Waals surface area contributed by atoms with Crippen molar-refractivity contribution in [1.82, 2.24) is 9.97 Å². The predicted molar refractivity (Wildman–Crippen MR) is 84.1 cm³/mol. The van der Waals surface area contributed by atoms with Crippen LogP contribution in [-0.2, 0) is 5.75 Å². The fraction of sp³-hybridized carbons (Fsp3) is 0.0769. The van der Waals surface area contributed by atoms with Gasteiger partial charge >= 0.3 is 11.1 Å². The highest BCUT2D eigenvalue weighted by atomic mass is 35.5. The molecule has 0 amide bonds. The van der Waals surface area contributed by atoms with Crippen LogP contribution in [-0.4, -0.2) is 9.97 Å². The van der Waals surface area contributed by atoms with Crippen molar-refractivity contribution in [2.24, 2.45) is 0 Å². The largest absolute Gasteiger partial charge is 0.323 e. The summed E-state index contributed by atoms with van der Waals surface area (Å²) in [4.78, 5) is 28.3. The van der Waals surface area contributed by atoms with Crippen LogP contribution in [0, 0.1) is 0 Å². The molecule has 0 unspecified atom stereocenters. The zero-order valence-corrected chi connectivity index (χ0v) is 12.5. The van der Waals surface area contributed by atoms with Gasteiger partial charge in [0.25, 0.3) is 0 Å². The molecular formula is C13H9ClN2O2S2. The van der Waals surface area contributed by atoms with E-state index in [0.29, 0.717) is 16.5 Å². The van der Waals surface area contributed by atoms with E-state index in [4.69, 9.17) is 11.6 Å². The maximum absolute atomic E-state index is 11.2. The van der Waals surface area contributed by atoms with E-state index in [-0.39, 0.29) is 0 Å². The van der Waals surface area contributed by atoms with Crippen molar-refractivity contribution in [3.8, 4) is 0 Å². The predicted octanol–water partition coefficient (Wildman–Crippen LogP) is 3.22. The number of halogens is 1. The van der Waals surface area contributed by atoms with Crippen LogP contribution in [0.4, 0.5) is 0 Å². The first-order valence-electron chi connectivity index (χ1n) is 5.74. The summed E-state index contributed by atoms with van der Waals surface area (Å²) in [5, 5.41) is 3.88. The average Bonchev–Trinajstić information content (AvgIpc) is 2.82. The summed E-state index contributed by atoms with van der Waals surface area (Å²) in [5.74, 6) is 0.574. The molecule has 0 fully saturated rings. The second-order valence-electron chi connectivity index (χ2n) is 4.13. The number of aromatic amines is 2. The SMILES string of the molecule is O=c1[nH]cc(CSc2csc3ccc(Cl)cc23)[nH]c1=O. The monoisotopic (exact) mass is 324 g/mol. The lowest BCUT2D eigenvalue weighted by molar-refractivity contribution is 1.01. The van der Waals surface area contributed by atoms with Crippen LogP contribution in [0.15, 0.2) is 44.3 Å². The highest BCUT2D eigenvalue weighted by Gasteiger charge is 2.06. The Bertz CT molecular complexity index is 882. The van der Waals surface area contributed by atoms with Crippen LogP contribution < -0.4 is 11.1 Å². The number of hydrogen-bond donors (Lipinski definition) is 2. The van der Waals surface area contributed by atoms with E-state index in [2.05, 4.69) is 15.3 Å². The van der Waals surface area contributed by atoms with Crippen LogP contribution in [0.5, 0.6) is 0 Å². The first kappa shape index (κ1) is 13.5. The number of rotatable bonds is 3. The Hall–Kier alpha value is -1.50. The highest BCUT2D eigenvalue weighted by molar-refractivity contribution is 7.98. The molecule has 102 valence electrons. The first-order chi connectivity index (χ1) is 9.63. The van der Waals surface area contributed by atoms with E-state index in [1.54, 1.807) is 23.1 Å². The molecule has 2 N–H and O–H groups in total. The van der Waals surface area contributed by atoms with Crippen molar-refractivity contribution in [1.29, 1.82) is 0 Å². The molecule has 0 spiro atoms. The van der Waals surface area contributed by atoms with Gasteiger partial charge in [-0.3, -0.25) is 9.59 Å². The van der Waals surface area contributed by atoms with Crippen LogP contribution in [0.1, 0.15) is 5.69 Å². The molecule has 0 aliphatic carbocycles. The fourth-order valence-corrected chi connectivity index (χ4v) is 4.03. The lowest BCUT2D eigenvalue weighted by Gasteiger charge is -2.01. The van der Waals surface area contributed by atoms with E-state index in [1.807, 2.05) is 18.2 Å². The Labute approximate surface area is 126 Å². The number of H-pyrrole nitrogens is 2. The lowest BCUT2D eigenvalue weighted by Crippen LogP contribution is -2.29. The van der Waals surface area contributed by atoms with Crippen molar-refractivity contribution in [2.75, 3.05) is 0 Å². The standard InChI is InChI=1S/C13H9ClN2O2S2/c14-7-1-2-10-9(3-7)11(6-20-10)19-5-8-4-15-12(17)13(18)16-8/h1-4,6H,5H2,(H,15,17)(H,16,18). The summed E-state index contributed by atoms with van der Waals surface area (Å²) >= 11 is 9.26. The minimum atomic E-state index is -0.633. The number of benzene rings is 1. The minimum absolute atomic E-state index is 0.574. The maximum atomic E-state index is 11.2. The normalized spacial score (nSPS) is 11.1. The molecule has 0 atom stereocenters. The molecule has 0 radical (unpaired) electrons.